The van der Waals surface area contributed by atoms with E-state index >= 15 is 0 Å². The summed E-state index contributed by atoms with van der Waals surface area (Å²) in [6.07, 6.45) is 4.10. The summed E-state index contributed by atoms with van der Waals surface area (Å²) in [5, 5.41) is 9.44. The van der Waals surface area contributed by atoms with Gasteiger partial charge < -0.3 is 14.7 Å². The van der Waals surface area contributed by atoms with Crippen LogP contribution in [-0.2, 0) is 11.3 Å². The Kier molecular flexibility index (Phi) is 6.01. The Bertz CT molecular complexity index is 431. The number of halogens is 1. The molecular weight excluding hydrogens is 278 g/mol. The van der Waals surface area contributed by atoms with Crippen LogP contribution in [0.15, 0.2) is 6.07 Å². The lowest BCUT2D eigenvalue weighted by atomic mass is 10.1. The summed E-state index contributed by atoms with van der Waals surface area (Å²) < 4.78 is 5.35. The maximum atomic E-state index is 8.99. The fourth-order valence-corrected chi connectivity index (χ4v) is 2.82. The van der Waals surface area contributed by atoms with Gasteiger partial charge >= 0.3 is 0 Å². The van der Waals surface area contributed by atoms with E-state index in [1.807, 2.05) is 13.0 Å². The third-order valence-electron chi connectivity index (χ3n) is 3.53. The SMILES string of the molecule is CCOCc1nc(Cl)cc(N2CCCC2CCCO)n1. The standard InChI is InChI=1S/C14H22ClN3O2/c1-2-20-10-13-16-12(15)9-14(17-13)18-7-3-5-11(18)6-4-8-19/h9,11,19H,2-8,10H2,1H3. The predicted octanol–water partition coefficient (Wildman–Crippen LogP) is 2.41. The van der Waals surface area contributed by atoms with Gasteiger partial charge in [-0.3, -0.25) is 0 Å². The zero-order chi connectivity index (χ0) is 14.4. The van der Waals surface area contributed by atoms with Crippen molar-refractivity contribution in [1.82, 2.24) is 9.97 Å². The number of hydrogen-bond acceptors (Lipinski definition) is 5. The molecule has 1 aliphatic rings. The van der Waals surface area contributed by atoms with Crippen molar-refractivity contribution in [1.29, 1.82) is 0 Å². The van der Waals surface area contributed by atoms with Crippen molar-refractivity contribution in [2.75, 3.05) is 24.7 Å². The lowest BCUT2D eigenvalue weighted by Crippen LogP contribution is -2.30. The molecule has 0 aliphatic carbocycles. The molecule has 0 amide bonds. The second-order valence-corrected chi connectivity index (χ2v) is 5.34. The van der Waals surface area contributed by atoms with Gasteiger partial charge in [0, 0.05) is 31.9 Å². The van der Waals surface area contributed by atoms with Crippen LogP contribution >= 0.6 is 11.6 Å². The molecule has 6 heteroatoms. The Hall–Kier alpha value is -0.910. The van der Waals surface area contributed by atoms with Crippen LogP contribution in [-0.4, -0.2) is 40.9 Å². The van der Waals surface area contributed by atoms with Crippen LogP contribution in [0, 0.1) is 0 Å². The summed E-state index contributed by atoms with van der Waals surface area (Å²) in [7, 11) is 0. The Morgan fingerprint density at radius 1 is 1.50 bits per heavy atom. The number of ether oxygens (including phenoxy) is 1. The Balaban J connectivity index is 2.11. The number of anilines is 1. The minimum Gasteiger partial charge on any atom is -0.396 e. The van der Waals surface area contributed by atoms with Crippen LogP contribution in [0.2, 0.25) is 5.15 Å². The van der Waals surface area contributed by atoms with Crippen LogP contribution in [0.25, 0.3) is 0 Å². The average Bonchev–Trinajstić information content (AvgIpc) is 2.90. The minimum absolute atomic E-state index is 0.241. The lowest BCUT2D eigenvalue weighted by Gasteiger charge is -2.26. The highest BCUT2D eigenvalue weighted by Gasteiger charge is 2.25. The molecule has 1 aromatic heterocycles. The van der Waals surface area contributed by atoms with E-state index in [1.165, 1.54) is 0 Å². The Morgan fingerprint density at radius 2 is 2.35 bits per heavy atom. The van der Waals surface area contributed by atoms with Gasteiger partial charge in [-0.15, -0.1) is 0 Å². The molecule has 1 atom stereocenters. The molecule has 112 valence electrons. The van der Waals surface area contributed by atoms with Crippen molar-refractivity contribution in [2.45, 2.75) is 45.3 Å². The number of aliphatic hydroxyl groups excluding tert-OH is 1. The molecule has 0 aromatic carbocycles. The second-order valence-electron chi connectivity index (χ2n) is 4.96. The van der Waals surface area contributed by atoms with Crippen molar-refractivity contribution in [2.24, 2.45) is 0 Å². The van der Waals surface area contributed by atoms with E-state index in [0.717, 1.165) is 38.0 Å². The molecule has 0 spiro atoms. The monoisotopic (exact) mass is 299 g/mol. The first-order chi connectivity index (χ1) is 9.74. The van der Waals surface area contributed by atoms with E-state index in [2.05, 4.69) is 14.9 Å². The van der Waals surface area contributed by atoms with Gasteiger partial charge in [-0.25, -0.2) is 9.97 Å². The van der Waals surface area contributed by atoms with E-state index < -0.39 is 0 Å². The second kappa shape index (κ2) is 7.76. The molecule has 20 heavy (non-hydrogen) atoms. The number of rotatable bonds is 7. The molecular formula is C14H22ClN3O2. The molecule has 5 nitrogen and oxygen atoms in total. The average molecular weight is 300 g/mol. The third kappa shape index (κ3) is 4.04. The molecule has 1 saturated heterocycles. The summed E-state index contributed by atoms with van der Waals surface area (Å²) >= 11 is 6.09. The number of nitrogens with zero attached hydrogens (tertiary/aromatic N) is 3. The molecule has 0 saturated carbocycles. The number of hydrogen-bond donors (Lipinski definition) is 1. The summed E-state index contributed by atoms with van der Waals surface area (Å²) in [6.45, 7) is 4.19. The van der Waals surface area contributed by atoms with Crippen LogP contribution in [0.5, 0.6) is 0 Å². The molecule has 0 radical (unpaired) electrons. The van der Waals surface area contributed by atoms with E-state index in [9.17, 15) is 0 Å². The molecule has 1 fully saturated rings. The zero-order valence-corrected chi connectivity index (χ0v) is 12.6. The van der Waals surface area contributed by atoms with Gasteiger partial charge in [-0.05, 0) is 32.6 Å². The smallest absolute Gasteiger partial charge is 0.158 e. The molecule has 1 aromatic rings. The van der Waals surface area contributed by atoms with Gasteiger partial charge in [-0.1, -0.05) is 11.6 Å². The van der Waals surface area contributed by atoms with Crippen molar-refractivity contribution in [3.05, 3.63) is 17.0 Å². The van der Waals surface area contributed by atoms with Gasteiger partial charge in [0.1, 0.15) is 17.6 Å². The maximum Gasteiger partial charge on any atom is 0.158 e. The van der Waals surface area contributed by atoms with Crippen LogP contribution < -0.4 is 4.90 Å². The van der Waals surface area contributed by atoms with Gasteiger partial charge in [0.25, 0.3) is 0 Å². The molecule has 2 heterocycles. The summed E-state index contributed by atoms with van der Waals surface area (Å²) in [4.78, 5) is 11.0. The third-order valence-corrected chi connectivity index (χ3v) is 3.72. The van der Waals surface area contributed by atoms with Crippen LogP contribution in [0.3, 0.4) is 0 Å². The quantitative estimate of drug-likeness (QED) is 0.784. The van der Waals surface area contributed by atoms with Gasteiger partial charge in [0.2, 0.25) is 0 Å². The van der Waals surface area contributed by atoms with Crippen molar-refractivity contribution in [3.63, 3.8) is 0 Å². The normalized spacial score (nSPS) is 18.8. The molecule has 1 aliphatic heterocycles. The summed E-state index contributed by atoms with van der Waals surface area (Å²) in [5.41, 5.74) is 0. The minimum atomic E-state index is 0.241. The Labute approximate surface area is 124 Å². The maximum absolute atomic E-state index is 8.99. The fourth-order valence-electron chi connectivity index (χ4n) is 2.62. The zero-order valence-electron chi connectivity index (χ0n) is 11.9. The first kappa shape index (κ1) is 15.5. The molecule has 1 unspecified atom stereocenters. The first-order valence-corrected chi connectivity index (χ1v) is 7.61. The van der Waals surface area contributed by atoms with Gasteiger partial charge in [0.05, 0.1) is 0 Å². The van der Waals surface area contributed by atoms with Crippen molar-refractivity contribution in [3.8, 4) is 0 Å². The highest BCUT2D eigenvalue weighted by molar-refractivity contribution is 6.29. The summed E-state index contributed by atoms with van der Waals surface area (Å²) in [5.74, 6) is 1.50. The highest BCUT2D eigenvalue weighted by atomic mass is 35.5. The predicted molar refractivity (Wildman–Crippen MR) is 79.1 cm³/mol. The first-order valence-electron chi connectivity index (χ1n) is 7.23. The molecule has 0 bridgehead atoms. The largest absolute Gasteiger partial charge is 0.396 e. The van der Waals surface area contributed by atoms with E-state index in [1.54, 1.807) is 0 Å². The number of aliphatic hydroxyl groups is 1. The van der Waals surface area contributed by atoms with Crippen LogP contribution in [0.4, 0.5) is 5.82 Å². The Morgan fingerprint density at radius 3 is 3.10 bits per heavy atom. The van der Waals surface area contributed by atoms with Crippen molar-refractivity contribution < 1.29 is 9.84 Å². The topological polar surface area (TPSA) is 58.5 Å². The number of aromatic nitrogens is 2. The van der Waals surface area contributed by atoms with E-state index in [0.29, 0.717) is 30.2 Å². The van der Waals surface area contributed by atoms with Crippen molar-refractivity contribution >= 4 is 17.4 Å². The molecule has 2 rings (SSSR count). The fraction of sp³-hybridized carbons (Fsp3) is 0.714. The van der Waals surface area contributed by atoms with E-state index in [4.69, 9.17) is 21.4 Å². The van der Waals surface area contributed by atoms with Crippen LogP contribution in [0.1, 0.15) is 38.4 Å². The highest BCUT2D eigenvalue weighted by Crippen LogP contribution is 2.28. The molecule has 1 N–H and O–H groups in total. The summed E-state index contributed by atoms with van der Waals surface area (Å²) in [6, 6.07) is 2.25. The van der Waals surface area contributed by atoms with Gasteiger partial charge in [-0.2, -0.15) is 0 Å². The van der Waals surface area contributed by atoms with Gasteiger partial charge in [0.15, 0.2) is 5.82 Å². The van der Waals surface area contributed by atoms with E-state index in [-0.39, 0.29) is 6.61 Å². The lowest BCUT2D eigenvalue weighted by molar-refractivity contribution is 0.128.